The highest BCUT2D eigenvalue weighted by molar-refractivity contribution is 7.85. The van der Waals surface area contributed by atoms with Crippen molar-refractivity contribution in [3.63, 3.8) is 0 Å². The van der Waals surface area contributed by atoms with Crippen LogP contribution in [-0.2, 0) is 29.9 Å². The van der Waals surface area contributed by atoms with Crippen LogP contribution in [-0.4, -0.2) is 58.1 Å². The van der Waals surface area contributed by atoms with Crippen LogP contribution in [0.15, 0.2) is 47.4 Å². The van der Waals surface area contributed by atoms with E-state index in [1.54, 1.807) is 24.3 Å². The van der Waals surface area contributed by atoms with Crippen LogP contribution in [0, 0.1) is 11.8 Å². The van der Waals surface area contributed by atoms with Crippen LogP contribution in [0.4, 0.5) is 0 Å². The quantitative estimate of drug-likeness (QED) is 0.296. The van der Waals surface area contributed by atoms with Crippen molar-refractivity contribution in [3.05, 3.63) is 42.5 Å². The Balaban J connectivity index is 1.37. The Morgan fingerprint density at radius 2 is 1.76 bits per heavy atom. The smallest absolute Gasteiger partial charge is 0.303 e. The third-order valence-electron chi connectivity index (χ3n) is 6.18. The molecule has 0 saturated carbocycles. The second-order valence-electron chi connectivity index (χ2n) is 8.49. The Labute approximate surface area is 196 Å². The number of allylic oxidation sites excluding steroid dienone is 2. The van der Waals surface area contributed by atoms with Gasteiger partial charge in [-0.1, -0.05) is 30.4 Å². The summed E-state index contributed by atoms with van der Waals surface area (Å²) in [6.07, 6.45) is 8.88. The predicted octanol–water partition coefficient (Wildman–Crippen LogP) is 2.02. The fourth-order valence-corrected chi connectivity index (χ4v) is 5.49. The number of fused-ring (bicyclic) bond motifs is 2. The molecular weight excluding hydrogens is 444 g/mol. The van der Waals surface area contributed by atoms with Crippen LogP contribution in [0.5, 0.6) is 0 Å². The number of amides is 2. The monoisotopic (exact) mass is 476 g/mol. The van der Waals surface area contributed by atoms with Crippen molar-refractivity contribution < 1.29 is 28.4 Å². The van der Waals surface area contributed by atoms with Gasteiger partial charge in [-0.05, 0) is 50.2 Å². The molecule has 5 atom stereocenters. The summed E-state index contributed by atoms with van der Waals surface area (Å²) < 4.78 is 18.2. The lowest BCUT2D eigenvalue weighted by atomic mass is 9.77. The molecular formula is C24H32N2O6S. The molecule has 1 aromatic rings. The molecule has 2 amide bonds. The Hall–Kier alpha value is -2.52. The molecule has 2 aliphatic heterocycles. The molecule has 33 heavy (non-hydrogen) atoms. The zero-order chi connectivity index (χ0) is 23.6. The first-order valence-electron chi connectivity index (χ1n) is 11.4. The molecule has 0 aliphatic carbocycles. The van der Waals surface area contributed by atoms with Gasteiger partial charge in [0.2, 0.25) is 11.8 Å². The first-order valence-corrected chi connectivity index (χ1v) is 12.7. The van der Waals surface area contributed by atoms with E-state index in [2.05, 4.69) is 16.7 Å². The summed E-state index contributed by atoms with van der Waals surface area (Å²) >= 11 is 0. The summed E-state index contributed by atoms with van der Waals surface area (Å²) in [5, 5.41) is 14.1. The Morgan fingerprint density at radius 3 is 2.48 bits per heavy atom. The Bertz CT molecular complexity index is 875. The molecule has 3 rings (SSSR count). The molecule has 9 heteroatoms. The average Bonchev–Trinajstić information content (AvgIpc) is 3.41. The van der Waals surface area contributed by atoms with E-state index in [9.17, 15) is 18.6 Å². The SMILES string of the molecule is O=C(O)CCCC=CC[C@H]1[C@@H](CNC(=O)CNC(=O)CS(=O)c2ccccc2)[C@H]2CC[C@@H]1O2. The summed E-state index contributed by atoms with van der Waals surface area (Å²) in [6.45, 7) is 0.337. The van der Waals surface area contributed by atoms with Crippen molar-refractivity contribution in [2.24, 2.45) is 11.8 Å². The highest BCUT2D eigenvalue weighted by Crippen LogP contribution is 2.44. The van der Waals surface area contributed by atoms with Gasteiger partial charge in [-0.2, -0.15) is 0 Å². The first kappa shape index (κ1) is 25.1. The van der Waals surface area contributed by atoms with Crippen molar-refractivity contribution in [1.29, 1.82) is 0 Å². The molecule has 2 bridgehead atoms. The molecule has 8 nitrogen and oxygen atoms in total. The van der Waals surface area contributed by atoms with Gasteiger partial charge in [0.05, 0.1) is 29.6 Å². The lowest BCUT2D eigenvalue weighted by molar-refractivity contribution is -0.137. The standard InChI is InChI=1S/C24H32N2O6S/c27-22(15-26-23(28)16-33(31)17-8-4-3-5-9-17)25-14-19-18(20-12-13-21(19)32-20)10-6-1-2-7-11-24(29)30/h1,3-6,8-9,18-21H,2,7,10-16H2,(H,25,27)(H,26,28)(H,29,30)/t18-,19+,20-,21+,33?/m0/s1. The average molecular weight is 477 g/mol. The number of hydrogen-bond donors (Lipinski definition) is 3. The number of carboxylic acids is 1. The summed E-state index contributed by atoms with van der Waals surface area (Å²) in [7, 11) is -1.44. The minimum absolute atomic E-state index is 0.142. The van der Waals surface area contributed by atoms with E-state index in [4.69, 9.17) is 9.84 Å². The molecule has 2 saturated heterocycles. The number of carboxylic acid groups (broad SMARTS) is 1. The van der Waals surface area contributed by atoms with Crippen molar-refractivity contribution >= 4 is 28.6 Å². The van der Waals surface area contributed by atoms with Crippen molar-refractivity contribution in [2.75, 3.05) is 18.8 Å². The summed E-state index contributed by atoms with van der Waals surface area (Å²) in [6, 6.07) is 8.75. The number of nitrogens with one attached hydrogen (secondary N) is 2. The second kappa shape index (κ2) is 12.6. The molecule has 0 spiro atoms. The summed E-state index contributed by atoms with van der Waals surface area (Å²) in [5.74, 6) is -1.12. The van der Waals surface area contributed by atoms with E-state index < -0.39 is 22.7 Å². The van der Waals surface area contributed by atoms with Gasteiger partial charge >= 0.3 is 5.97 Å². The van der Waals surface area contributed by atoms with Crippen LogP contribution >= 0.6 is 0 Å². The van der Waals surface area contributed by atoms with Crippen molar-refractivity contribution in [3.8, 4) is 0 Å². The van der Waals surface area contributed by atoms with Gasteiger partial charge in [0.1, 0.15) is 5.75 Å². The lowest BCUT2D eigenvalue weighted by Crippen LogP contribution is -2.43. The maximum Gasteiger partial charge on any atom is 0.303 e. The first-order chi connectivity index (χ1) is 15.9. The minimum atomic E-state index is -1.44. The van der Waals surface area contributed by atoms with E-state index in [1.165, 1.54) is 0 Å². The molecule has 2 fully saturated rings. The van der Waals surface area contributed by atoms with Gasteiger partial charge in [-0.3, -0.25) is 18.6 Å². The third-order valence-corrected chi connectivity index (χ3v) is 7.50. The highest BCUT2D eigenvalue weighted by Gasteiger charge is 2.47. The molecule has 3 N–H and O–H groups in total. The highest BCUT2D eigenvalue weighted by atomic mass is 32.2. The number of hydrogen-bond acceptors (Lipinski definition) is 5. The predicted molar refractivity (Wildman–Crippen MR) is 124 cm³/mol. The molecule has 1 aromatic carbocycles. The van der Waals surface area contributed by atoms with Crippen molar-refractivity contribution in [1.82, 2.24) is 10.6 Å². The van der Waals surface area contributed by atoms with Gasteiger partial charge in [-0.25, -0.2) is 0 Å². The number of carbonyl (C=O) groups excluding carboxylic acids is 2. The Kier molecular flexibility index (Phi) is 9.62. The fraction of sp³-hybridized carbons (Fsp3) is 0.542. The largest absolute Gasteiger partial charge is 0.481 e. The van der Waals surface area contributed by atoms with Gasteiger partial charge in [0.15, 0.2) is 0 Å². The number of rotatable bonds is 13. The van der Waals surface area contributed by atoms with E-state index in [1.807, 2.05) is 12.1 Å². The van der Waals surface area contributed by atoms with E-state index >= 15 is 0 Å². The number of ether oxygens (including phenoxy) is 1. The maximum atomic E-state index is 12.3. The molecule has 180 valence electrons. The number of unbranched alkanes of at least 4 members (excludes halogenated alkanes) is 1. The molecule has 0 radical (unpaired) electrons. The number of benzene rings is 1. The van der Waals surface area contributed by atoms with E-state index in [0.717, 1.165) is 25.7 Å². The van der Waals surface area contributed by atoms with Gasteiger partial charge in [0, 0.05) is 23.8 Å². The normalized spacial score (nSPS) is 24.6. The van der Waals surface area contributed by atoms with Gasteiger partial charge in [0.25, 0.3) is 0 Å². The van der Waals surface area contributed by atoms with Crippen LogP contribution in [0.2, 0.25) is 0 Å². The fourth-order valence-electron chi connectivity index (χ4n) is 4.52. The second-order valence-corrected chi connectivity index (χ2v) is 9.95. The van der Waals surface area contributed by atoms with Crippen LogP contribution in [0.25, 0.3) is 0 Å². The van der Waals surface area contributed by atoms with E-state index in [0.29, 0.717) is 23.8 Å². The zero-order valence-corrected chi connectivity index (χ0v) is 19.4. The molecule has 2 heterocycles. The lowest BCUT2D eigenvalue weighted by Gasteiger charge is -2.27. The molecule has 1 unspecified atom stereocenters. The van der Waals surface area contributed by atoms with Gasteiger partial charge < -0.3 is 20.5 Å². The minimum Gasteiger partial charge on any atom is -0.481 e. The Morgan fingerprint density at radius 1 is 1.03 bits per heavy atom. The zero-order valence-electron chi connectivity index (χ0n) is 18.6. The van der Waals surface area contributed by atoms with Crippen molar-refractivity contribution in [2.45, 2.75) is 55.6 Å². The summed E-state index contributed by atoms with van der Waals surface area (Å²) in [4.78, 5) is 35.4. The topological polar surface area (TPSA) is 122 Å². The summed E-state index contributed by atoms with van der Waals surface area (Å²) in [5.41, 5.74) is 0. The van der Waals surface area contributed by atoms with Crippen LogP contribution in [0.1, 0.15) is 38.5 Å². The van der Waals surface area contributed by atoms with E-state index in [-0.39, 0.29) is 42.8 Å². The van der Waals surface area contributed by atoms with Crippen LogP contribution < -0.4 is 10.6 Å². The third kappa shape index (κ3) is 7.78. The number of aliphatic carboxylic acids is 1. The van der Waals surface area contributed by atoms with Gasteiger partial charge in [-0.15, -0.1) is 0 Å². The van der Waals surface area contributed by atoms with Crippen LogP contribution in [0.3, 0.4) is 0 Å². The number of carbonyl (C=O) groups is 3. The molecule has 2 aliphatic rings. The maximum absolute atomic E-state index is 12.3. The molecule has 0 aromatic heterocycles.